The molecule has 0 saturated carbocycles. The summed E-state index contributed by atoms with van der Waals surface area (Å²) in [4.78, 5) is 4.42. The van der Waals surface area contributed by atoms with Crippen LogP contribution in [0, 0.1) is 6.92 Å². The number of aliphatic hydroxyl groups is 1. The van der Waals surface area contributed by atoms with E-state index in [1.54, 1.807) is 0 Å². The summed E-state index contributed by atoms with van der Waals surface area (Å²) in [5, 5.41) is 13.7. The molecule has 0 spiro atoms. The Labute approximate surface area is 114 Å². The van der Waals surface area contributed by atoms with Crippen LogP contribution in [-0.2, 0) is 12.1 Å². The van der Waals surface area contributed by atoms with Crippen molar-refractivity contribution in [2.45, 2.75) is 26.0 Å². The lowest BCUT2D eigenvalue weighted by molar-refractivity contribution is 0.0566. The Hall–Kier alpha value is -1.71. The van der Waals surface area contributed by atoms with Gasteiger partial charge in [-0.1, -0.05) is 36.4 Å². The molecule has 1 unspecified atom stereocenters. The van der Waals surface area contributed by atoms with Gasteiger partial charge in [0.25, 0.3) is 0 Å². The van der Waals surface area contributed by atoms with E-state index in [9.17, 15) is 5.11 Å². The Morgan fingerprint density at radius 1 is 1.11 bits per heavy atom. The summed E-state index contributed by atoms with van der Waals surface area (Å²) in [7, 11) is 0. The van der Waals surface area contributed by atoms with Crippen LogP contribution in [0.1, 0.15) is 23.9 Å². The minimum absolute atomic E-state index is 0.493. The van der Waals surface area contributed by atoms with Crippen LogP contribution in [0.4, 0.5) is 0 Å². The van der Waals surface area contributed by atoms with E-state index in [0.29, 0.717) is 13.1 Å². The normalized spacial score (nSPS) is 14.1. The van der Waals surface area contributed by atoms with Crippen LogP contribution in [0.5, 0.6) is 0 Å². The second-order valence-electron chi connectivity index (χ2n) is 5.01. The fraction of sp³-hybridized carbons (Fsp3) is 0.312. The van der Waals surface area contributed by atoms with Crippen LogP contribution in [0.25, 0.3) is 0 Å². The molecule has 0 radical (unpaired) electrons. The average Bonchev–Trinajstić information content (AvgIpc) is 2.40. The number of nitrogens with zero attached hydrogens (tertiary/aromatic N) is 1. The molecule has 0 fully saturated rings. The third-order valence-electron chi connectivity index (χ3n) is 3.12. The number of nitrogens with one attached hydrogen (secondary N) is 1. The fourth-order valence-corrected chi connectivity index (χ4v) is 2.03. The maximum Gasteiger partial charge on any atom is 0.0992 e. The first-order valence-corrected chi connectivity index (χ1v) is 6.49. The van der Waals surface area contributed by atoms with E-state index in [1.165, 1.54) is 0 Å². The molecule has 0 aliphatic carbocycles. The van der Waals surface area contributed by atoms with Gasteiger partial charge in [0.15, 0.2) is 0 Å². The molecule has 1 heterocycles. The number of aryl methyl sites for hydroxylation is 1. The Bertz CT molecular complexity index is 523. The largest absolute Gasteiger partial charge is 0.384 e. The minimum Gasteiger partial charge on any atom is -0.384 e. The molecule has 0 saturated heterocycles. The van der Waals surface area contributed by atoms with Crippen molar-refractivity contribution in [3.05, 3.63) is 65.5 Å². The zero-order valence-corrected chi connectivity index (χ0v) is 11.4. The molecule has 2 aromatic rings. The molecular weight excluding hydrogens is 236 g/mol. The van der Waals surface area contributed by atoms with Crippen molar-refractivity contribution in [3.63, 3.8) is 0 Å². The number of rotatable bonds is 5. The van der Waals surface area contributed by atoms with E-state index in [2.05, 4.69) is 10.3 Å². The van der Waals surface area contributed by atoms with Crippen molar-refractivity contribution in [1.82, 2.24) is 10.3 Å². The first kappa shape index (κ1) is 13.7. The zero-order chi connectivity index (χ0) is 13.7. The topological polar surface area (TPSA) is 45.1 Å². The van der Waals surface area contributed by atoms with E-state index in [-0.39, 0.29) is 0 Å². The summed E-state index contributed by atoms with van der Waals surface area (Å²) in [5.41, 5.74) is 2.04. The number of benzene rings is 1. The van der Waals surface area contributed by atoms with Crippen molar-refractivity contribution >= 4 is 0 Å². The van der Waals surface area contributed by atoms with Crippen molar-refractivity contribution in [3.8, 4) is 0 Å². The highest BCUT2D eigenvalue weighted by atomic mass is 16.3. The van der Waals surface area contributed by atoms with Crippen molar-refractivity contribution < 1.29 is 5.11 Å². The Kier molecular flexibility index (Phi) is 4.30. The summed E-state index contributed by atoms with van der Waals surface area (Å²) >= 11 is 0. The second-order valence-corrected chi connectivity index (χ2v) is 5.01. The number of aromatic nitrogens is 1. The molecule has 1 atom stereocenters. The first-order chi connectivity index (χ1) is 9.08. The monoisotopic (exact) mass is 256 g/mol. The van der Waals surface area contributed by atoms with Gasteiger partial charge in [0.05, 0.1) is 11.3 Å². The van der Waals surface area contributed by atoms with Gasteiger partial charge in [-0.2, -0.15) is 0 Å². The number of hydrogen-bond donors (Lipinski definition) is 2. The average molecular weight is 256 g/mol. The predicted octanol–water partition coefficient (Wildman–Crippen LogP) is 2.39. The minimum atomic E-state index is -0.870. The summed E-state index contributed by atoms with van der Waals surface area (Å²) in [6.07, 6.45) is 0. The smallest absolute Gasteiger partial charge is 0.0992 e. The van der Waals surface area contributed by atoms with E-state index < -0.39 is 5.60 Å². The molecular formula is C16H20N2O. The van der Waals surface area contributed by atoms with Crippen molar-refractivity contribution in [1.29, 1.82) is 0 Å². The van der Waals surface area contributed by atoms with E-state index in [1.807, 2.05) is 62.4 Å². The second kappa shape index (κ2) is 5.95. The molecule has 19 heavy (non-hydrogen) atoms. The molecule has 0 bridgehead atoms. The summed E-state index contributed by atoms with van der Waals surface area (Å²) < 4.78 is 0. The maximum atomic E-state index is 10.4. The Morgan fingerprint density at radius 3 is 2.53 bits per heavy atom. The van der Waals surface area contributed by atoms with E-state index >= 15 is 0 Å². The highest BCUT2D eigenvalue weighted by Crippen LogP contribution is 2.18. The van der Waals surface area contributed by atoms with Gasteiger partial charge >= 0.3 is 0 Å². The number of hydrogen-bond acceptors (Lipinski definition) is 3. The summed E-state index contributed by atoms with van der Waals surface area (Å²) in [5.74, 6) is 0. The van der Waals surface area contributed by atoms with E-state index in [4.69, 9.17) is 0 Å². The van der Waals surface area contributed by atoms with Gasteiger partial charge in [0.1, 0.15) is 0 Å². The van der Waals surface area contributed by atoms with Crippen molar-refractivity contribution in [2.75, 3.05) is 6.54 Å². The molecule has 0 aliphatic rings. The molecule has 1 aromatic heterocycles. The highest BCUT2D eigenvalue weighted by molar-refractivity contribution is 5.21. The molecule has 2 N–H and O–H groups in total. The third kappa shape index (κ3) is 3.88. The lowest BCUT2D eigenvalue weighted by atomic mass is 9.96. The van der Waals surface area contributed by atoms with Gasteiger partial charge in [0, 0.05) is 18.8 Å². The molecule has 2 rings (SSSR count). The molecule has 0 amide bonds. The van der Waals surface area contributed by atoms with Gasteiger partial charge < -0.3 is 10.4 Å². The van der Waals surface area contributed by atoms with Crippen LogP contribution >= 0.6 is 0 Å². The zero-order valence-electron chi connectivity index (χ0n) is 11.4. The van der Waals surface area contributed by atoms with Gasteiger partial charge in [-0.25, -0.2) is 0 Å². The maximum absolute atomic E-state index is 10.4. The fourth-order valence-electron chi connectivity index (χ4n) is 2.03. The lowest BCUT2D eigenvalue weighted by Gasteiger charge is -2.24. The lowest BCUT2D eigenvalue weighted by Crippen LogP contribution is -2.35. The van der Waals surface area contributed by atoms with Gasteiger partial charge in [0.2, 0.25) is 0 Å². The summed E-state index contributed by atoms with van der Waals surface area (Å²) in [6.45, 7) is 4.94. The van der Waals surface area contributed by atoms with E-state index in [0.717, 1.165) is 17.0 Å². The third-order valence-corrected chi connectivity index (χ3v) is 3.12. The molecule has 100 valence electrons. The standard InChI is InChI=1S/C16H20N2O/c1-13-7-6-10-15(18-13)11-17-12-16(2,19)14-8-4-3-5-9-14/h3-10,17,19H,11-12H2,1-2H3. The molecule has 0 aliphatic heterocycles. The predicted molar refractivity (Wildman–Crippen MR) is 76.7 cm³/mol. The highest BCUT2D eigenvalue weighted by Gasteiger charge is 2.21. The summed E-state index contributed by atoms with van der Waals surface area (Å²) in [6, 6.07) is 15.6. The van der Waals surface area contributed by atoms with Gasteiger partial charge in [-0.05, 0) is 31.5 Å². The Balaban J connectivity index is 1.92. The Morgan fingerprint density at radius 2 is 1.84 bits per heavy atom. The first-order valence-electron chi connectivity index (χ1n) is 6.49. The van der Waals surface area contributed by atoms with Crippen LogP contribution in [-0.4, -0.2) is 16.6 Å². The SMILES string of the molecule is Cc1cccc(CNCC(C)(O)c2ccccc2)n1. The van der Waals surface area contributed by atoms with Crippen molar-refractivity contribution in [2.24, 2.45) is 0 Å². The van der Waals surface area contributed by atoms with Crippen LogP contribution in [0.3, 0.4) is 0 Å². The number of pyridine rings is 1. The van der Waals surface area contributed by atoms with Crippen LogP contribution in [0.2, 0.25) is 0 Å². The molecule has 1 aromatic carbocycles. The molecule has 3 heteroatoms. The quantitative estimate of drug-likeness (QED) is 0.863. The molecule has 3 nitrogen and oxygen atoms in total. The van der Waals surface area contributed by atoms with Gasteiger partial charge in [-0.3, -0.25) is 4.98 Å². The van der Waals surface area contributed by atoms with Crippen LogP contribution in [0.15, 0.2) is 48.5 Å². The van der Waals surface area contributed by atoms with Gasteiger partial charge in [-0.15, -0.1) is 0 Å². The van der Waals surface area contributed by atoms with Crippen LogP contribution < -0.4 is 5.32 Å².